The quantitative estimate of drug-likeness (QED) is 0.784. The summed E-state index contributed by atoms with van der Waals surface area (Å²) in [5, 5.41) is 4.20. The number of fused-ring (bicyclic) bond motifs is 1. The topological polar surface area (TPSA) is 84.2 Å². The number of piperidine rings is 1. The average molecular weight is 396 g/mol. The van der Waals surface area contributed by atoms with Crippen molar-refractivity contribution in [3.8, 4) is 0 Å². The average Bonchev–Trinajstić information content (AvgIpc) is 3.25. The lowest BCUT2D eigenvalue weighted by Crippen LogP contribution is -2.43. The molecule has 0 N–H and O–H groups in total. The van der Waals surface area contributed by atoms with Gasteiger partial charge in [-0.2, -0.15) is 5.10 Å². The predicted molar refractivity (Wildman–Crippen MR) is 107 cm³/mol. The third-order valence-corrected chi connectivity index (χ3v) is 5.94. The van der Waals surface area contributed by atoms with Crippen molar-refractivity contribution in [1.29, 1.82) is 0 Å². The lowest BCUT2D eigenvalue weighted by molar-refractivity contribution is -0.136. The van der Waals surface area contributed by atoms with Crippen molar-refractivity contribution in [2.24, 2.45) is 5.92 Å². The van der Waals surface area contributed by atoms with Crippen LogP contribution in [0.1, 0.15) is 49.7 Å². The van der Waals surface area contributed by atoms with Crippen LogP contribution in [0.5, 0.6) is 0 Å². The Morgan fingerprint density at radius 1 is 1.28 bits per heavy atom. The lowest BCUT2D eigenvalue weighted by atomic mass is 9.95. The van der Waals surface area contributed by atoms with E-state index in [4.69, 9.17) is 4.98 Å². The fourth-order valence-corrected chi connectivity index (χ4v) is 4.26. The highest BCUT2D eigenvalue weighted by Gasteiger charge is 2.30. The summed E-state index contributed by atoms with van der Waals surface area (Å²) in [5.41, 5.74) is 2.08. The van der Waals surface area contributed by atoms with E-state index >= 15 is 0 Å². The first-order chi connectivity index (χ1) is 14.0. The molecular formula is C21H28N6O2. The minimum atomic E-state index is -0.115. The van der Waals surface area contributed by atoms with E-state index in [1.165, 1.54) is 0 Å². The van der Waals surface area contributed by atoms with Crippen molar-refractivity contribution in [2.45, 2.75) is 52.1 Å². The van der Waals surface area contributed by atoms with Crippen molar-refractivity contribution < 1.29 is 9.59 Å². The van der Waals surface area contributed by atoms with Gasteiger partial charge in [-0.15, -0.1) is 0 Å². The van der Waals surface area contributed by atoms with Gasteiger partial charge in [0.2, 0.25) is 11.8 Å². The van der Waals surface area contributed by atoms with Crippen LogP contribution in [0.15, 0.2) is 24.7 Å². The molecule has 4 heterocycles. The summed E-state index contributed by atoms with van der Waals surface area (Å²) in [7, 11) is 0. The third kappa shape index (κ3) is 4.31. The molecule has 29 heavy (non-hydrogen) atoms. The summed E-state index contributed by atoms with van der Waals surface area (Å²) >= 11 is 0. The van der Waals surface area contributed by atoms with Crippen molar-refractivity contribution in [3.05, 3.63) is 41.7 Å². The Labute approximate surface area is 170 Å². The number of carbonyl (C=O) groups is 2. The zero-order valence-electron chi connectivity index (χ0n) is 17.1. The van der Waals surface area contributed by atoms with E-state index < -0.39 is 0 Å². The molecular weight excluding hydrogens is 368 g/mol. The van der Waals surface area contributed by atoms with Gasteiger partial charge in [0, 0.05) is 69.6 Å². The lowest BCUT2D eigenvalue weighted by Gasteiger charge is -2.34. The molecule has 1 saturated heterocycles. The molecule has 8 nitrogen and oxygen atoms in total. The molecule has 0 bridgehead atoms. The summed E-state index contributed by atoms with van der Waals surface area (Å²) in [4.78, 5) is 37.8. The van der Waals surface area contributed by atoms with E-state index in [2.05, 4.69) is 10.1 Å². The van der Waals surface area contributed by atoms with Gasteiger partial charge in [0.1, 0.15) is 5.82 Å². The summed E-state index contributed by atoms with van der Waals surface area (Å²) in [6.45, 7) is 6.90. The number of likely N-dealkylation sites (tertiary alicyclic amines) is 1. The van der Waals surface area contributed by atoms with E-state index in [9.17, 15) is 9.59 Å². The number of rotatable bonds is 4. The van der Waals surface area contributed by atoms with E-state index in [0.717, 1.165) is 42.9 Å². The van der Waals surface area contributed by atoms with E-state index in [0.29, 0.717) is 26.2 Å². The third-order valence-electron chi connectivity index (χ3n) is 5.94. The molecule has 0 aliphatic carbocycles. The number of carbonyl (C=O) groups excluding carboxylic acids is 2. The van der Waals surface area contributed by atoms with Gasteiger partial charge in [-0.3, -0.25) is 14.3 Å². The van der Waals surface area contributed by atoms with Gasteiger partial charge in [0.15, 0.2) is 0 Å². The van der Waals surface area contributed by atoms with Gasteiger partial charge in [-0.1, -0.05) is 6.92 Å². The zero-order valence-corrected chi connectivity index (χ0v) is 17.1. The molecule has 154 valence electrons. The second-order valence-electron chi connectivity index (χ2n) is 8.14. The number of nitrogens with zero attached hydrogens (tertiary/aromatic N) is 6. The summed E-state index contributed by atoms with van der Waals surface area (Å²) in [6, 6.07) is 1.87. The van der Waals surface area contributed by atoms with Crippen LogP contribution in [0.25, 0.3) is 0 Å². The molecule has 2 amide bonds. The van der Waals surface area contributed by atoms with Crippen LogP contribution >= 0.6 is 0 Å². The maximum atomic E-state index is 12.9. The molecule has 2 aliphatic heterocycles. The van der Waals surface area contributed by atoms with E-state index in [1.54, 1.807) is 17.8 Å². The highest BCUT2D eigenvalue weighted by molar-refractivity contribution is 5.78. The highest BCUT2D eigenvalue weighted by atomic mass is 16.2. The van der Waals surface area contributed by atoms with Crippen LogP contribution in [-0.4, -0.2) is 61.0 Å². The van der Waals surface area contributed by atoms with Gasteiger partial charge in [-0.05, 0) is 18.9 Å². The zero-order chi connectivity index (χ0) is 20.4. The second-order valence-corrected chi connectivity index (χ2v) is 8.14. The Morgan fingerprint density at radius 2 is 2.14 bits per heavy atom. The van der Waals surface area contributed by atoms with Crippen LogP contribution in [-0.2, 0) is 29.1 Å². The van der Waals surface area contributed by atoms with Gasteiger partial charge in [0.25, 0.3) is 0 Å². The summed E-state index contributed by atoms with van der Waals surface area (Å²) in [6.07, 6.45) is 8.21. The molecule has 2 atom stereocenters. The smallest absolute Gasteiger partial charge is 0.227 e. The Bertz CT molecular complexity index is 881. The van der Waals surface area contributed by atoms with Crippen LogP contribution in [0.4, 0.5) is 0 Å². The van der Waals surface area contributed by atoms with Crippen molar-refractivity contribution in [2.75, 3.05) is 19.6 Å². The van der Waals surface area contributed by atoms with Crippen molar-refractivity contribution >= 4 is 11.8 Å². The molecule has 0 saturated carbocycles. The molecule has 0 unspecified atom stereocenters. The van der Waals surface area contributed by atoms with Crippen molar-refractivity contribution in [1.82, 2.24) is 29.5 Å². The van der Waals surface area contributed by atoms with E-state index in [1.807, 2.05) is 35.2 Å². The number of amides is 2. The van der Waals surface area contributed by atoms with Crippen LogP contribution in [0.3, 0.4) is 0 Å². The Balaban J connectivity index is 1.42. The molecule has 0 spiro atoms. The molecule has 2 aromatic rings. The summed E-state index contributed by atoms with van der Waals surface area (Å²) in [5.74, 6) is 1.14. The molecule has 2 aliphatic rings. The fraction of sp³-hybridized carbons (Fsp3) is 0.571. The maximum Gasteiger partial charge on any atom is 0.227 e. The monoisotopic (exact) mass is 396 g/mol. The number of aromatic nitrogens is 4. The molecule has 1 fully saturated rings. The number of hydrogen-bond donors (Lipinski definition) is 0. The first kappa shape index (κ1) is 19.5. The minimum Gasteiger partial charge on any atom is -0.342 e. The molecule has 2 aromatic heterocycles. The SMILES string of the molecule is CC(=O)N1CCc2nc([C@H]3CCCN(C(=O)[C@@H](C)Cn4cccn4)C3)ncc2C1. The van der Waals surface area contributed by atoms with Crippen LogP contribution in [0, 0.1) is 5.92 Å². The highest BCUT2D eigenvalue weighted by Crippen LogP contribution is 2.27. The second kappa shape index (κ2) is 8.31. The Hall–Kier alpha value is -2.77. The Morgan fingerprint density at radius 3 is 2.90 bits per heavy atom. The fourth-order valence-electron chi connectivity index (χ4n) is 4.26. The molecule has 0 radical (unpaired) electrons. The predicted octanol–water partition coefficient (Wildman–Crippen LogP) is 1.62. The Kier molecular flexibility index (Phi) is 5.60. The van der Waals surface area contributed by atoms with Crippen LogP contribution < -0.4 is 0 Å². The molecule has 4 rings (SSSR count). The molecule has 0 aromatic carbocycles. The van der Waals surface area contributed by atoms with Crippen molar-refractivity contribution in [3.63, 3.8) is 0 Å². The molecule has 8 heteroatoms. The van der Waals surface area contributed by atoms with Gasteiger partial charge in [0.05, 0.1) is 18.2 Å². The maximum absolute atomic E-state index is 12.9. The van der Waals surface area contributed by atoms with Gasteiger partial charge in [-0.25, -0.2) is 9.97 Å². The van der Waals surface area contributed by atoms with Crippen LogP contribution in [0.2, 0.25) is 0 Å². The standard InChI is InChI=1S/C21H28N6O2/c1-15(12-27-9-4-7-23-27)21(29)26-8-3-5-17(13-26)20-22-11-18-14-25(16(2)28)10-6-19(18)24-20/h4,7,9,11,15,17H,3,5-6,8,10,12-14H2,1-2H3/t15-,17-/m0/s1. The first-order valence-corrected chi connectivity index (χ1v) is 10.4. The summed E-state index contributed by atoms with van der Waals surface area (Å²) < 4.78 is 1.81. The normalized spacial score (nSPS) is 20.3. The van der Waals surface area contributed by atoms with E-state index in [-0.39, 0.29) is 23.7 Å². The number of hydrogen-bond acceptors (Lipinski definition) is 5. The first-order valence-electron chi connectivity index (χ1n) is 10.4. The van der Waals surface area contributed by atoms with Gasteiger partial charge < -0.3 is 9.80 Å². The minimum absolute atomic E-state index is 0.0883. The van der Waals surface area contributed by atoms with Gasteiger partial charge >= 0.3 is 0 Å². The largest absolute Gasteiger partial charge is 0.342 e.